The molecule has 0 saturated heterocycles. The molecule has 0 saturated carbocycles. The van der Waals surface area contributed by atoms with E-state index in [0.29, 0.717) is 5.69 Å². The van der Waals surface area contributed by atoms with Gasteiger partial charge in [0.15, 0.2) is 0 Å². The Labute approximate surface area is 154 Å². The van der Waals surface area contributed by atoms with Crippen LogP contribution in [-0.2, 0) is 7.05 Å². The Kier molecular flexibility index (Phi) is 5.56. The molecule has 0 aliphatic rings. The van der Waals surface area contributed by atoms with E-state index in [2.05, 4.69) is 13.8 Å². The van der Waals surface area contributed by atoms with E-state index in [4.69, 9.17) is 5.10 Å². The van der Waals surface area contributed by atoms with Gasteiger partial charge in [-0.3, -0.25) is 4.79 Å². The van der Waals surface area contributed by atoms with Crippen LogP contribution in [0.15, 0.2) is 54.7 Å². The van der Waals surface area contributed by atoms with Crippen molar-refractivity contribution in [3.05, 3.63) is 60.4 Å². The van der Waals surface area contributed by atoms with Crippen molar-refractivity contribution in [3.8, 4) is 17.1 Å². The third-order valence-electron chi connectivity index (χ3n) is 4.41. The van der Waals surface area contributed by atoms with Gasteiger partial charge in [0.25, 0.3) is 5.91 Å². The number of carbonyl (C=O) groups excluding carboxylic acids is 1. The second kappa shape index (κ2) is 8.04. The molecular weight excluding hydrogens is 324 g/mol. The lowest BCUT2D eigenvalue weighted by atomic mass is 10.2. The molecule has 136 valence electrons. The molecule has 0 aliphatic heterocycles. The number of para-hydroxylation sites is 1. The maximum atomic E-state index is 13.2. The molecule has 5 nitrogen and oxygen atoms in total. The molecule has 1 amide bonds. The van der Waals surface area contributed by atoms with Crippen LogP contribution in [0.4, 0.5) is 0 Å². The summed E-state index contributed by atoms with van der Waals surface area (Å²) < 4.78 is 3.78. The molecule has 2 heterocycles. The Bertz CT molecular complexity index is 857. The molecular formula is C21H26N4O. The fourth-order valence-electron chi connectivity index (χ4n) is 3.17. The minimum absolute atomic E-state index is 0.0329. The van der Waals surface area contributed by atoms with Gasteiger partial charge in [0.2, 0.25) is 0 Å². The Hall–Kier alpha value is -2.82. The van der Waals surface area contributed by atoms with Crippen molar-refractivity contribution in [1.82, 2.24) is 19.2 Å². The van der Waals surface area contributed by atoms with Crippen LogP contribution >= 0.6 is 0 Å². The fraction of sp³-hybridized carbons (Fsp3) is 0.333. The molecule has 2 aromatic heterocycles. The average Bonchev–Trinajstić information content (AvgIpc) is 3.28. The first-order valence-electron chi connectivity index (χ1n) is 9.22. The van der Waals surface area contributed by atoms with Crippen LogP contribution in [0.1, 0.15) is 37.2 Å². The summed E-state index contributed by atoms with van der Waals surface area (Å²) in [6.45, 7) is 5.71. The number of aryl methyl sites for hydroxylation is 1. The lowest BCUT2D eigenvalue weighted by Crippen LogP contribution is -2.33. The minimum atomic E-state index is 0.0329. The highest BCUT2D eigenvalue weighted by molar-refractivity contribution is 5.94. The summed E-state index contributed by atoms with van der Waals surface area (Å²) in [4.78, 5) is 15.2. The molecule has 3 rings (SSSR count). The van der Waals surface area contributed by atoms with Gasteiger partial charge in [0.05, 0.1) is 11.4 Å². The molecule has 0 fully saturated rings. The number of rotatable bonds is 7. The number of hydrogen-bond acceptors (Lipinski definition) is 2. The van der Waals surface area contributed by atoms with E-state index in [0.717, 1.165) is 43.0 Å². The molecule has 5 heteroatoms. The van der Waals surface area contributed by atoms with E-state index < -0.39 is 0 Å². The van der Waals surface area contributed by atoms with Crippen LogP contribution < -0.4 is 0 Å². The molecule has 0 spiro atoms. The number of hydrogen-bond donors (Lipinski definition) is 0. The normalized spacial score (nSPS) is 10.9. The molecule has 0 unspecified atom stereocenters. The second-order valence-corrected chi connectivity index (χ2v) is 6.46. The zero-order valence-corrected chi connectivity index (χ0v) is 15.7. The van der Waals surface area contributed by atoms with E-state index in [1.165, 1.54) is 0 Å². The zero-order chi connectivity index (χ0) is 18.5. The highest BCUT2D eigenvalue weighted by atomic mass is 16.2. The van der Waals surface area contributed by atoms with Crippen molar-refractivity contribution in [1.29, 1.82) is 0 Å². The summed E-state index contributed by atoms with van der Waals surface area (Å²) in [6.07, 6.45) is 3.87. The van der Waals surface area contributed by atoms with Gasteiger partial charge in [-0.2, -0.15) is 5.10 Å². The fourth-order valence-corrected chi connectivity index (χ4v) is 3.17. The molecule has 0 bridgehead atoms. The van der Waals surface area contributed by atoms with Crippen molar-refractivity contribution in [3.63, 3.8) is 0 Å². The standard InChI is InChI=1S/C21H26N4O/c1-4-13-24(14-5-2)21(26)20-16-18(19-12-9-15-23(19)3)22-25(20)17-10-7-6-8-11-17/h6-12,15-16H,4-5,13-14H2,1-3H3. The van der Waals surface area contributed by atoms with E-state index in [1.807, 2.05) is 71.2 Å². The zero-order valence-electron chi connectivity index (χ0n) is 15.7. The van der Waals surface area contributed by atoms with Crippen molar-refractivity contribution in [2.24, 2.45) is 7.05 Å². The number of nitrogens with zero attached hydrogens (tertiary/aromatic N) is 4. The highest BCUT2D eigenvalue weighted by Gasteiger charge is 2.22. The summed E-state index contributed by atoms with van der Waals surface area (Å²) in [5, 5.41) is 4.76. The number of aromatic nitrogens is 3. The van der Waals surface area contributed by atoms with Gasteiger partial charge in [-0.1, -0.05) is 32.0 Å². The number of carbonyl (C=O) groups is 1. The third kappa shape index (κ3) is 3.57. The summed E-state index contributed by atoms with van der Waals surface area (Å²) in [6, 6.07) is 15.7. The topological polar surface area (TPSA) is 43.1 Å². The third-order valence-corrected chi connectivity index (χ3v) is 4.41. The number of benzene rings is 1. The van der Waals surface area contributed by atoms with Gasteiger partial charge in [0, 0.05) is 26.3 Å². The summed E-state index contributed by atoms with van der Waals surface area (Å²) in [7, 11) is 1.98. The van der Waals surface area contributed by atoms with E-state index in [1.54, 1.807) is 4.68 Å². The van der Waals surface area contributed by atoms with Crippen LogP contribution in [0.3, 0.4) is 0 Å². The van der Waals surface area contributed by atoms with Crippen LogP contribution in [-0.4, -0.2) is 38.2 Å². The molecule has 3 aromatic rings. The van der Waals surface area contributed by atoms with Crippen LogP contribution in [0.5, 0.6) is 0 Å². The molecule has 0 radical (unpaired) electrons. The van der Waals surface area contributed by atoms with E-state index >= 15 is 0 Å². The van der Waals surface area contributed by atoms with Crippen LogP contribution in [0.2, 0.25) is 0 Å². The van der Waals surface area contributed by atoms with Gasteiger partial charge < -0.3 is 9.47 Å². The summed E-state index contributed by atoms with van der Waals surface area (Å²) >= 11 is 0. The predicted octanol–water partition coefficient (Wildman–Crippen LogP) is 4.14. The molecule has 0 aliphatic carbocycles. The van der Waals surface area contributed by atoms with Crippen LogP contribution in [0, 0.1) is 0 Å². The van der Waals surface area contributed by atoms with Gasteiger partial charge >= 0.3 is 0 Å². The lowest BCUT2D eigenvalue weighted by Gasteiger charge is -2.21. The minimum Gasteiger partial charge on any atom is -0.349 e. The maximum Gasteiger partial charge on any atom is 0.272 e. The van der Waals surface area contributed by atoms with E-state index in [-0.39, 0.29) is 5.91 Å². The Morgan fingerprint density at radius 2 is 1.73 bits per heavy atom. The van der Waals surface area contributed by atoms with Gasteiger partial charge in [-0.15, -0.1) is 0 Å². The monoisotopic (exact) mass is 350 g/mol. The summed E-state index contributed by atoms with van der Waals surface area (Å²) in [5.74, 6) is 0.0329. The largest absolute Gasteiger partial charge is 0.349 e. The smallest absolute Gasteiger partial charge is 0.272 e. The SMILES string of the molecule is CCCN(CCC)C(=O)c1cc(-c2cccn2C)nn1-c1ccccc1. The molecule has 1 aromatic carbocycles. The maximum absolute atomic E-state index is 13.2. The van der Waals surface area contributed by atoms with Crippen LogP contribution in [0.25, 0.3) is 17.1 Å². The van der Waals surface area contributed by atoms with E-state index in [9.17, 15) is 4.79 Å². The summed E-state index contributed by atoms with van der Waals surface area (Å²) in [5.41, 5.74) is 3.29. The van der Waals surface area contributed by atoms with Gasteiger partial charge in [-0.25, -0.2) is 4.68 Å². The lowest BCUT2D eigenvalue weighted by molar-refractivity contribution is 0.0746. The molecule has 26 heavy (non-hydrogen) atoms. The van der Waals surface area contributed by atoms with Crippen molar-refractivity contribution < 1.29 is 4.79 Å². The molecule has 0 atom stereocenters. The second-order valence-electron chi connectivity index (χ2n) is 6.46. The van der Waals surface area contributed by atoms with Crippen molar-refractivity contribution in [2.45, 2.75) is 26.7 Å². The first-order valence-corrected chi connectivity index (χ1v) is 9.22. The predicted molar refractivity (Wildman–Crippen MR) is 104 cm³/mol. The average molecular weight is 350 g/mol. The Balaban J connectivity index is 2.09. The Morgan fingerprint density at radius 1 is 1.04 bits per heavy atom. The van der Waals surface area contributed by atoms with Crippen molar-refractivity contribution in [2.75, 3.05) is 13.1 Å². The van der Waals surface area contributed by atoms with Gasteiger partial charge in [0.1, 0.15) is 11.4 Å². The Morgan fingerprint density at radius 3 is 2.31 bits per heavy atom. The molecule has 0 N–H and O–H groups in total. The first-order chi connectivity index (χ1) is 12.7. The quantitative estimate of drug-likeness (QED) is 0.643. The van der Waals surface area contributed by atoms with Crippen molar-refractivity contribution >= 4 is 5.91 Å². The first kappa shape index (κ1) is 18.0. The van der Waals surface area contributed by atoms with Gasteiger partial charge in [-0.05, 0) is 43.2 Å². The number of amides is 1. The highest BCUT2D eigenvalue weighted by Crippen LogP contribution is 2.23.